The molecule has 0 amide bonds. The molecule has 0 aromatic heterocycles. The number of hydrogen-bond acceptors (Lipinski definition) is 6. The molecule has 0 aliphatic heterocycles. The van der Waals surface area contributed by atoms with E-state index < -0.39 is 0 Å². The first-order valence-corrected chi connectivity index (χ1v) is 6.12. The maximum absolute atomic E-state index is 9.60. The largest absolute Gasteiger partial charge is 0.507 e. The van der Waals surface area contributed by atoms with E-state index in [-0.39, 0.29) is 11.5 Å². The zero-order valence-electron chi connectivity index (χ0n) is 11.0. The molecule has 0 unspecified atom stereocenters. The van der Waals surface area contributed by atoms with E-state index in [0.29, 0.717) is 17.5 Å². The average Bonchev–Trinajstić information content (AvgIpc) is 2.47. The molecule has 21 heavy (non-hydrogen) atoms. The third-order valence-electron chi connectivity index (χ3n) is 2.99. The van der Waals surface area contributed by atoms with E-state index in [2.05, 4.69) is 10.3 Å². The van der Waals surface area contributed by atoms with Gasteiger partial charge in [0.1, 0.15) is 11.5 Å². The molecule has 2 rings (SSSR count). The fourth-order valence-electron chi connectivity index (χ4n) is 1.99. The predicted octanol–water partition coefficient (Wildman–Crippen LogP) is 2.30. The van der Waals surface area contributed by atoms with E-state index in [0.717, 1.165) is 23.6 Å². The summed E-state index contributed by atoms with van der Waals surface area (Å²) >= 11 is 0. The Bertz CT molecular complexity index is 637. The molecular formula is C15H14N2O4. The number of nitrogens with zero attached hydrogens (tertiary/aromatic N) is 2. The minimum Gasteiger partial charge on any atom is -0.507 e. The number of benzene rings is 2. The lowest BCUT2D eigenvalue weighted by molar-refractivity contribution is 0.321. The Labute approximate surface area is 120 Å². The highest BCUT2D eigenvalue weighted by molar-refractivity contribution is 5.84. The van der Waals surface area contributed by atoms with Crippen molar-refractivity contribution in [3.63, 3.8) is 0 Å². The number of phenolic OH excluding ortho intramolecular Hbond substituents is 2. The SMILES string of the molecule is ON=Cc1cc(Cc2ccc(O)c(C=NO)c2)ccc1O. The predicted molar refractivity (Wildman–Crippen MR) is 77.8 cm³/mol. The van der Waals surface area contributed by atoms with Crippen LogP contribution in [-0.4, -0.2) is 33.1 Å². The van der Waals surface area contributed by atoms with Crippen molar-refractivity contribution in [3.05, 3.63) is 58.7 Å². The van der Waals surface area contributed by atoms with Crippen molar-refractivity contribution in [2.45, 2.75) is 6.42 Å². The first-order valence-electron chi connectivity index (χ1n) is 6.12. The maximum Gasteiger partial charge on any atom is 0.124 e. The molecule has 0 bridgehead atoms. The first kappa shape index (κ1) is 14.4. The van der Waals surface area contributed by atoms with Gasteiger partial charge >= 0.3 is 0 Å². The fourth-order valence-corrected chi connectivity index (χ4v) is 1.99. The third-order valence-corrected chi connectivity index (χ3v) is 2.99. The molecule has 4 N–H and O–H groups in total. The Morgan fingerprint density at radius 2 is 1.19 bits per heavy atom. The van der Waals surface area contributed by atoms with Crippen molar-refractivity contribution in [1.29, 1.82) is 0 Å². The molecule has 0 fully saturated rings. The van der Waals surface area contributed by atoms with Gasteiger partial charge in [-0.1, -0.05) is 22.4 Å². The lowest BCUT2D eigenvalue weighted by Crippen LogP contribution is -1.93. The van der Waals surface area contributed by atoms with Crippen LogP contribution in [0.5, 0.6) is 11.5 Å². The topological polar surface area (TPSA) is 106 Å². The average molecular weight is 286 g/mol. The monoisotopic (exact) mass is 286 g/mol. The Morgan fingerprint density at radius 1 is 0.762 bits per heavy atom. The second kappa shape index (κ2) is 6.42. The Hall–Kier alpha value is -3.02. The van der Waals surface area contributed by atoms with Crippen molar-refractivity contribution in [2.75, 3.05) is 0 Å². The molecule has 0 aliphatic rings. The Balaban J connectivity index is 2.30. The molecule has 0 saturated heterocycles. The summed E-state index contributed by atoms with van der Waals surface area (Å²) in [5.74, 6) is 0.0470. The lowest BCUT2D eigenvalue weighted by atomic mass is 10.0. The molecule has 0 saturated carbocycles. The molecule has 2 aromatic rings. The minimum atomic E-state index is 0.0235. The molecule has 2 aromatic carbocycles. The van der Waals surface area contributed by atoms with E-state index in [9.17, 15) is 10.2 Å². The molecule has 0 atom stereocenters. The van der Waals surface area contributed by atoms with E-state index in [1.807, 2.05) is 0 Å². The van der Waals surface area contributed by atoms with Gasteiger partial charge in [0.25, 0.3) is 0 Å². The molecule has 0 heterocycles. The minimum absolute atomic E-state index is 0.0235. The molecule has 6 heteroatoms. The highest BCUT2D eigenvalue weighted by Crippen LogP contribution is 2.22. The molecule has 0 aliphatic carbocycles. The fraction of sp³-hybridized carbons (Fsp3) is 0.0667. The van der Waals surface area contributed by atoms with Gasteiger partial charge in [-0.2, -0.15) is 0 Å². The number of phenols is 2. The highest BCUT2D eigenvalue weighted by Gasteiger charge is 2.05. The second-order valence-corrected chi connectivity index (χ2v) is 4.45. The molecule has 0 spiro atoms. The zero-order valence-corrected chi connectivity index (χ0v) is 11.0. The normalized spacial score (nSPS) is 11.4. The van der Waals surface area contributed by atoms with Crippen LogP contribution < -0.4 is 0 Å². The zero-order chi connectivity index (χ0) is 15.2. The standard InChI is InChI=1S/C15H14N2O4/c18-14-3-1-10(6-12(14)8-16-20)5-11-2-4-15(19)13(7-11)9-17-21/h1-4,6-9,18-21H,5H2. The Kier molecular flexibility index (Phi) is 4.40. The van der Waals surface area contributed by atoms with E-state index in [1.54, 1.807) is 24.3 Å². The van der Waals surface area contributed by atoms with Crippen LogP contribution in [0.4, 0.5) is 0 Å². The van der Waals surface area contributed by atoms with Gasteiger partial charge in [-0.3, -0.25) is 0 Å². The van der Waals surface area contributed by atoms with Gasteiger partial charge in [-0.15, -0.1) is 0 Å². The number of rotatable bonds is 4. The summed E-state index contributed by atoms with van der Waals surface area (Å²) in [7, 11) is 0. The summed E-state index contributed by atoms with van der Waals surface area (Å²) in [5, 5.41) is 42.1. The van der Waals surface area contributed by atoms with Crippen LogP contribution in [0.25, 0.3) is 0 Å². The highest BCUT2D eigenvalue weighted by atomic mass is 16.4. The van der Waals surface area contributed by atoms with Gasteiger partial charge in [-0.25, -0.2) is 0 Å². The Morgan fingerprint density at radius 3 is 1.57 bits per heavy atom. The van der Waals surface area contributed by atoms with Crippen molar-refractivity contribution in [3.8, 4) is 11.5 Å². The van der Waals surface area contributed by atoms with Gasteiger partial charge < -0.3 is 20.6 Å². The van der Waals surface area contributed by atoms with Crippen molar-refractivity contribution >= 4 is 12.4 Å². The van der Waals surface area contributed by atoms with E-state index in [4.69, 9.17) is 10.4 Å². The number of oxime groups is 2. The van der Waals surface area contributed by atoms with Gasteiger partial charge in [0.2, 0.25) is 0 Å². The summed E-state index contributed by atoms with van der Waals surface area (Å²) in [6.07, 6.45) is 2.85. The van der Waals surface area contributed by atoms with Crippen LogP contribution in [0.15, 0.2) is 46.7 Å². The van der Waals surface area contributed by atoms with Crippen molar-refractivity contribution < 1.29 is 20.6 Å². The summed E-state index contributed by atoms with van der Waals surface area (Å²) < 4.78 is 0. The second-order valence-electron chi connectivity index (χ2n) is 4.45. The molecular weight excluding hydrogens is 272 g/mol. The van der Waals surface area contributed by atoms with Crippen molar-refractivity contribution in [1.82, 2.24) is 0 Å². The van der Waals surface area contributed by atoms with Crippen LogP contribution in [0.2, 0.25) is 0 Å². The number of aromatic hydroxyl groups is 2. The maximum atomic E-state index is 9.60. The van der Waals surface area contributed by atoms with Gasteiger partial charge in [-0.05, 0) is 41.8 Å². The van der Waals surface area contributed by atoms with Gasteiger partial charge in [0, 0.05) is 11.1 Å². The first-order chi connectivity index (χ1) is 10.1. The third kappa shape index (κ3) is 3.50. The van der Waals surface area contributed by atoms with Gasteiger partial charge in [0.05, 0.1) is 12.4 Å². The van der Waals surface area contributed by atoms with Crippen molar-refractivity contribution in [2.24, 2.45) is 10.3 Å². The lowest BCUT2D eigenvalue weighted by Gasteiger charge is -2.06. The van der Waals surface area contributed by atoms with E-state index >= 15 is 0 Å². The van der Waals surface area contributed by atoms with Gasteiger partial charge in [0.15, 0.2) is 0 Å². The molecule has 108 valence electrons. The quantitative estimate of drug-likeness (QED) is 0.393. The van der Waals surface area contributed by atoms with Crippen LogP contribution >= 0.6 is 0 Å². The molecule has 6 nitrogen and oxygen atoms in total. The van der Waals surface area contributed by atoms with Crippen LogP contribution in [0, 0.1) is 0 Å². The van der Waals surface area contributed by atoms with E-state index in [1.165, 1.54) is 12.1 Å². The summed E-state index contributed by atoms with van der Waals surface area (Å²) in [5.41, 5.74) is 2.59. The smallest absolute Gasteiger partial charge is 0.124 e. The van der Waals surface area contributed by atoms with Crippen LogP contribution in [0.1, 0.15) is 22.3 Å². The number of hydrogen-bond donors (Lipinski definition) is 4. The molecule has 0 radical (unpaired) electrons. The summed E-state index contributed by atoms with van der Waals surface area (Å²) in [6, 6.07) is 9.92. The van der Waals surface area contributed by atoms with Crippen LogP contribution in [-0.2, 0) is 6.42 Å². The summed E-state index contributed by atoms with van der Waals surface area (Å²) in [4.78, 5) is 0. The summed E-state index contributed by atoms with van der Waals surface area (Å²) in [6.45, 7) is 0. The van der Waals surface area contributed by atoms with Crippen LogP contribution in [0.3, 0.4) is 0 Å².